The van der Waals surface area contributed by atoms with E-state index >= 15 is 0 Å². The Kier molecular flexibility index (Phi) is 3.05. The van der Waals surface area contributed by atoms with Gasteiger partial charge in [0.2, 0.25) is 0 Å². The molecule has 0 aliphatic heterocycles. The first-order valence-corrected chi connectivity index (χ1v) is 6.88. The minimum atomic E-state index is 0.731. The summed E-state index contributed by atoms with van der Waals surface area (Å²) in [5, 5.41) is 3.17. The Morgan fingerprint density at radius 2 is 2.26 bits per heavy atom. The molecule has 2 aromatic heterocycles. The van der Waals surface area contributed by atoms with Gasteiger partial charge in [0.05, 0.1) is 17.2 Å². The quantitative estimate of drug-likeness (QED) is 0.744. The standard InChI is InChI=1S/C14H14N4S/c1-10-17-13(9-19-10)8-18-6-5-16-14(18)11-3-2-4-12(15)7-11/h2-7,9H,8,15H2,1H3. The third-order valence-electron chi connectivity index (χ3n) is 2.86. The molecule has 2 heterocycles. The lowest BCUT2D eigenvalue weighted by Crippen LogP contribution is -2.01. The maximum Gasteiger partial charge on any atom is 0.140 e. The molecule has 4 nitrogen and oxygen atoms in total. The third-order valence-corrected chi connectivity index (χ3v) is 3.68. The Labute approximate surface area is 115 Å². The summed E-state index contributed by atoms with van der Waals surface area (Å²) in [6.07, 6.45) is 3.77. The second-order valence-electron chi connectivity index (χ2n) is 4.36. The first kappa shape index (κ1) is 11.9. The van der Waals surface area contributed by atoms with Crippen molar-refractivity contribution in [3.63, 3.8) is 0 Å². The molecule has 5 heteroatoms. The van der Waals surface area contributed by atoms with Crippen molar-refractivity contribution in [1.29, 1.82) is 0 Å². The molecule has 0 saturated heterocycles. The topological polar surface area (TPSA) is 56.7 Å². The molecule has 0 bridgehead atoms. The summed E-state index contributed by atoms with van der Waals surface area (Å²) < 4.78 is 2.09. The van der Waals surface area contributed by atoms with Gasteiger partial charge in [-0.1, -0.05) is 12.1 Å². The Morgan fingerprint density at radius 3 is 3.00 bits per heavy atom. The van der Waals surface area contributed by atoms with Crippen LogP contribution in [0.15, 0.2) is 42.0 Å². The van der Waals surface area contributed by atoms with Crippen LogP contribution < -0.4 is 5.73 Å². The van der Waals surface area contributed by atoms with Crippen molar-refractivity contribution in [2.45, 2.75) is 13.5 Å². The van der Waals surface area contributed by atoms with Crippen LogP contribution in [-0.4, -0.2) is 14.5 Å². The highest BCUT2D eigenvalue weighted by atomic mass is 32.1. The van der Waals surface area contributed by atoms with Gasteiger partial charge in [0.1, 0.15) is 5.82 Å². The number of aromatic nitrogens is 3. The first-order valence-electron chi connectivity index (χ1n) is 6.00. The minimum Gasteiger partial charge on any atom is -0.399 e. The largest absolute Gasteiger partial charge is 0.399 e. The van der Waals surface area contributed by atoms with Crippen LogP contribution in [-0.2, 0) is 6.54 Å². The number of hydrogen-bond acceptors (Lipinski definition) is 4. The van der Waals surface area contributed by atoms with Crippen LogP contribution in [0, 0.1) is 6.92 Å². The van der Waals surface area contributed by atoms with E-state index in [9.17, 15) is 0 Å². The van der Waals surface area contributed by atoms with E-state index in [1.807, 2.05) is 37.4 Å². The van der Waals surface area contributed by atoms with Crippen molar-refractivity contribution in [3.8, 4) is 11.4 Å². The van der Waals surface area contributed by atoms with Crippen LogP contribution in [0.5, 0.6) is 0 Å². The highest BCUT2D eigenvalue weighted by Crippen LogP contribution is 2.21. The molecule has 3 aromatic rings. The maximum absolute atomic E-state index is 5.82. The SMILES string of the molecule is Cc1nc(Cn2ccnc2-c2cccc(N)c2)cs1. The molecule has 2 N–H and O–H groups in total. The van der Waals surface area contributed by atoms with Crippen molar-refractivity contribution in [2.24, 2.45) is 0 Å². The van der Waals surface area contributed by atoms with Gasteiger partial charge in [0, 0.05) is 29.0 Å². The van der Waals surface area contributed by atoms with Gasteiger partial charge in [-0.2, -0.15) is 0 Å². The van der Waals surface area contributed by atoms with Crippen LogP contribution in [0.25, 0.3) is 11.4 Å². The summed E-state index contributed by atoms with van der Waals surface area (Å²) in [5.41, 5.74) is 8.66. The number of thiazole rings is 1. The number of imidazole rings is 1. The van der Waals surface area contributed by atoms with Crippen molar-refractivity contribution in [3.05, 3.63) is 52.7 Å². The van der Waals surface area contributed by atoms with E-state index in [-0.39, 0.29) is 0 Å². The average Bonchev–Trinajstić information content (AvgIpc) is 2.99. The minimum absolute atomic E-state index is 0.731. The first-order chi connectivity index (χ1) is 9.22. The average molecular weight is 270 g/mol. The zero-order chi connectivity index (χ0) is 13.2. The Hall–Kier alpha value is -2.14. The number of aryl methyl sites for hydroxylation is 1. The number of hydrogen-bond donors (Lipinski definition) is 1. The van der Waals surface area contributed by atoms with Gasteiger partial charge in [-0.05, 0) is 19.1 Å². The molecule has 0 aliphatic carbocycles. The number of nitrogen functional groups attached to an aromatic ring is 1. The molecular formula is C14H14N4S. The number of rotatable bonds is 3. The lowest BCUT2D eigenvalue weighted by atomic mass is 10.2. The second-order valence-corrected chi connectivity index (χ2v) is 5.42. The molecule has 0 amide bonds. The highest BCUT2D eigenvalue weighted by molar-refractivity contribution is 7.09. The summed E-state index contributed by atoms with van der Waals surface area (Å²) in [6, 6.07) is 7.77. The van der Waals surface area contributed by atoms with Crippen LogP contribution in [0.3, 0.4) is 0 Å². The Balaban J connectivity index is 1.94. The molecule has 0 saturated carbocycles. The van der Waals surface area contributed by atoms with Crippen molar-refractivity contribution < 1.29 is 0 Å². The van der Waals surface area contributed by atoms with Crippen LogP contribution in [0.4, 0.5) is 5.69 Å². The summed E-state index contributed by atoms with van der Waals surface area (Å²) >= 11 is 1.67. The van der Waals surface area contributed by atoms with Crippen molar-refractivity contribution >= 4 is 17.0 Å². The third kappa shape index (κ3) is 2.51. The van der Waals surface area contributed by atoms with E-state index in [1.165, 1.54) is 0 Å². The summed E-state index contributed by atoms with van der Waals surface area (Å²) in [7, 11) is 0. The maximum atomic E-state index is 5.82. The lowest BCUT2D eigenvalue weighted by molar-refractivity contribution is 0.785. The Morgan fingerprint density at radius 1 is 1.37 bits per heavy atom. The monoisotopic (exact) mass is 270 g/mol. The van der Waals surface area contributed by atoms with E-state index in [4.69, 9.17) is 5.73 Å². The molecule has 0 aliphatic rings. The molecule has 19 heavy (non-hydrogen) atoms. The van der Waals surface area contributed by atoms with Gasteiger partial charge in [0.25, 0.3) is 0 Å². The zero-order valence-electron chi connectivity index (χ0n) is 10.6. The molecule has 0 radical (unpaired) electrons. The normalized spacial score (nSPS) is 10.8. The van der Waals surface area contributed by atoms with Crippen LogP contribution >= 0.6 is 11.3 Å². The van der Waals surface area contributed by atoms with E-state index in [0.717, 1.165) is 34.3 Å². The highest BCUT2D eigenvalue weighted by Gasteiger charge is 2.08. The summed E-state index contributed by atoms with van der Waals surface area (Å²) in [6.45, 7) is 2.75. The van der Waals surface area contributed by atoms with Gasteiger partial charge in [-0.15, -0.1) is 11.3 Å². The molecule has 0 unspecified atom stereocenters. The van der Waals surface area contributed by atoms with Gasteiger partial charge in [-0.3, -0.25) is 0 Å². The van der Waals surface area contributed by atoms with Gasteiger partial charge in [0.15, 0.2) is 0 Å². The van der Waals surface area contributed by atoms with Crippen molar-refractivity contribution in [2.75, 3.05) is 5.73 Å². The Bertz CT molecular complexity index is 699. The molecule has 96 valence electrons. The number of anilines is 1. The van der Waals surface area contributed by atoms with Gasteiger partial charge < -0.3 is 10.3 Å². The molecule has 3 rings (SSSR count). The van der Waals surface area contributed by atoms with Gasteiger partial charge >= 0.3 is 0 Å². The van der Waals surface area contributed by atoms with Gasteiger partial charge in [-0.25, -0.2) is 9.97 Å². The molecule has 0 spiro atoms. The molecule has 1 aromatic carbocycles. The molecule has 0 atom stereocenters. The lowest BCUT2D eigenvalue weighted by Gasteiger charge is -2.06. The van der Waals surface area contributed by atoms with E-state index in [1.54, 1.807) is 17.5 Å². The fraction of sp³-hybridized carbons (Fsp3) is 0.143. The summed E-state index contributed by atoms with van der Waals surface area (Å²) in [4.78, 5) is 8.90. The van der Waals surface area contributed by atoms with E-state index < -0.39 is 0 Å². The van der Waals surface area contributed by atoms with E-state index in [2.05, 4.69) is 19.9 Å². The molecular weight excluding hydrogens is 256 g/mol. The fourth-order valence-corrected chi connectivity index (χ4v) is 2.63. The predicted molar refractivity (Wildman–Crippen MR) is 78.0 cm³/mol. The van der Waals surface area contributed by atoms with E-state index in [0.29, 0.717) is 0 Å². The number of nitrogens with zero attached hydrogens (tertiary/aromatic N) is 3. The zero-order valence-corrected chi connectivity index (χ0v) is 11.4. The predicted octanol–water partition coefficient (Wildman–Crippen LogP) is 2.95. The van der Waals surface area contributed by atoms with Crippen molar-refractivity contribution in [1.82, 2.24) is 14.5 Å². The van der Waals surface area contributed by atoms with Crippen LogP contribution in [0.2, 0.25) is 0 Å². The summed E-state index contributed by atoms with van der Waals surface area (Å²) in [5.74, 6) is 0.915. The smallest absolute Gasteiger partial charge is 0.140 e. The van der Waals surface area contributed by atoms with Crippen LogP contribution in [0.1, 0.15) is 10.7 Å². The number of benzene rings is 1. The fourth-order valence-electron chi connectivity index (χ4n) is 2.03. The molecule has 0 fully saturated rings. The number of nitrogens with two attached hydrogens (primary N) is 1. The second kappa shape index (κ2) is 4.85.